The highest BCUT2D eigenvalue weighted by molar-refractivity contribution is 5.74. The summed E-state index contributed by atoms with van der Waals surface area (Å²) in [6, 6.07) is 6.00. The molecule has 0 aliphatic heterocycles. The van der Waals surface area contributed by atoms with E-state index in [1.807, 2.05) is 6.92 Å². The van der Waals surface area contributed by atoms with Crippen LogP contribution in [0, 0.1) is 15.5 Å². The van der Waals surface area contributed by atoms with Gasteiger partial charge in [0.15, 0.2) is 0 Å². The van der Waals surface area contributed by atoms with Gasteiger partial charge in [-0.2, -0.15) is 0 Å². The molecular formula is C12H15NO4. The first-order valence-corrected chi connectivity index (χ1v) is 5.36. The van der Waals surface area contributed by atoms with Crippen molar-refractivity contribution in [2.45, 2.75) is 26.7 Å². The molecule has 17 heavy (non-hydrogen) atoms. The van der Waals surface area contributed by atoms with Crippen molar-refractivity contribution in [1.29, 1.82) is 0 Å². The van der Waals surface area contributed by atoms with Gasteiger partial charge in [-0.25, -0.2) is 0 Å². The molecule has 0 amide bonds. The summed E-state index contributed by atoms with van der Waals surface area (Å²) in [5.74, 6) is -0.849. The van der Waals surface area contributed by atoms with E-state index in [2.05, 4.69) is 0 Å². The molecule has 1 aromatic carbocycles. The van der Waals surface area contributed by atoms with Crippen LogP contribution in [0.1, 0.15) is 25.8 Å². The van der Waals surface area contributed by atoms with Crippen LogP contribution in [0.25, 0.3) is 0 Å². The molecule has 0 bridgehead atoms. The average Bonchev–Trinajstić information content (AvgIpc) is 2.29. The molecule has 0 fully saturated rings. The van der Waals surface area contributed by atoms with Crippen LogP contribution in [-0.4, -0.2) is 16.0 Å². The standard InChI is InChI=1S/C12H15NO4/c1-3-12(2,11(14)15)8-9-4-6-10(7-5-9)13(16)17/h4-7H,3,8H2,1-2H3,(H,14,15). The molecule has 1 unspecified atom stereocenters. The minimum Gasteiger partial charge on any atom is -0.481 e. The Balaban J connectivity index is 2.88. The van der Waals surface area contributed by atoms with Crippen molar-refractivity contribution in [2.75, 3.05) is 0 Å². The zero-order valence-corrected chi connectivity index (χ0v) is 9.84. The number of hydrogen-bond donors (Lipinski definition) is 1. The van der Waals surface area contributed by atoms with Crippen molar-refractivity contribution in [2.24, 2.45) is 5.41 Å². The van der Waals surface area contributed by atoms with Crippen LogP contribution in [0.15, 0.2) is 24.3 Å². The zero-order chi connectivity index (χ0) is 13.1. The van der Waals surface area contributed by atoms with E-state index in [0.29, 0.717) is 12.8 Å². The number of nitro groups is 1. The summed E-state index contributed by atoms with van der Waals surface area (Å²) < 4.78 is 0. The summed E-state index contributed by atoms with van der Waals surface area (Å²) in [6.07, 6.45) is 0.885. The maximum Gasteiger partial charge on any atom is 0.309 e. The quantitative estimate of drug-likeness (QED) is 0.630. The molecule has 1 rings (SSSR count). The van der Waals surface area contributed by atoms with Gasteiger partial charge >= 0.3 is 5.97 Å². The predicted molar refractivity (Wildman–Crippen MR) is 62.8 cm³/mol. The molecule has 5 heteroatoms. The summed E-state index contributed by atoms with van der Waals surface area (Å²) in [5.41, 5.74) is -0.0134. The van der Waals surface area contributed by atoms with Crippen molar-refractivity contribution in [1.82, 2.24) is 0 Å². The Kier molecular flexibility index (Phi) is 3.83. The number of nitro benzene ring substituents is 1. The summed E-state index contributed by atoms with van der Waals surface area (Å²) in [7, 11) is 0. The molecule has 0 radical (unpaired) electrons. The summed E-state index contributed by atoms with van der Waals surface area (Å²) in [6.45, 7) is 3.50. The second-order valence-electron chi connectivity index (χ2n) is 4.32. The van der Waals surface area contributed by atoms with Gasteiger partial charge in [0.1, 0.15) is 0 Å². The fourth-order valence-electron chi connectivity index (χ4n) is 1.54. The molecule has 0 aromatic heterocycles. The lowest BCUT2D eigenvalue weighted by molar-refractivity contribution is -0.384. The van der Waals surface area contributed by atoms with Gasteiger partial charge in [-0.3, -0.25) is 14.9 Å². The minimum absolute atomic E-state index is 0.0160. The summed E-state index contributed by atoms with van der Waals surface area (Å²) >= 11 is 0. The molecule has 0 heterocycles. The number of rotatable bonds is 5. The Morgan fingerprint density at radius 3 is 2.29 bits per heavy atom. The third-order valence-corrected chi connectivity index (χ3v) is 3.04. The molecular weight excluding hydrogens is 222 g/mol. The van der Waals surface area contributed by atoms with E-state index in [4.69, 9.17) is 5.11 Å². The number of non-ortho nitro benzene ring substituents is 1. The van der Waals surface area contributed by atoms with Gasteiger partial charge in [0.05, 0.1) is 10.3 Å². The van der Waals surface area contributed by atoms with Crippen molar-refractivity contribution in [3.63, 3.8) is 0 Å². The maximum atomic E-state index is 11.1. The number of carboxylic acids is 1. The molecule has 0 aliphatic carbocycles. The Labute approximate surface area is 99.2 Å². The lowest BCUT2D eigenvalue weighted by atomic mass is 9.81. The molecule has 92 valence electrons. The largest absolute Gasteiger partial charge is 0.481 e. The van der Waals surface area contributed by atoms with Crippen molar-refractivity contribution >= 4 is 11.7 Å². The number of aliphatic carboxylic acids is 1. The first kappa shape index (κ1) is 13.2. The Morgan fingerprint density at radius 1 is 1.41 bits per heavy atom. The van der Waals surface area contributed by atoms with Crippen LogP contribution in [0.5, 0.6) is 0 Å². The van der Waals surface area contributed by atoms with E-state index >= 15 is 0 Å². The molecule has 1 atom stereocenters. The smallest absolute Gasteiger partial charge is 0.309 e. The molecule has 0 spiro atoms. The van der Waals surface area contributed by atoms with Crippen LogP contribution in [0.3, 0.4) is 0 Å². The normalized spacial score (nSPS) is 14.0. The van der Waals surface area contributed by atoms with Gasteiger partial charge in [0.25, 0.3) is 5.69 Å². The zero-order valence-electron chi connectivity index (χ0n) is 9.84. The molecule has 1 aromatic rings. The second-order valence-corrected chi connectivity index (χ2v) is 4.32. The first-order chi connectivity index (χ1) is 7.89. The van der Waals surface area contributed by atoms with E-state index in [0.717, 1.165) is 5.56 Å². The van der Waals surface area contributed by atoms with E-state index < -0.39 is 16.3 Å². The number of hydrogen-bond acceptors (Lipinski definition) is 3. The average molecular weight is 237 g/mol. The Hall–Kier alpha value is -1.91. The van der Waals surface area contributed by atoms with E-state index in [1.165, 1.54) is 12.1 Å². The van der Waals surface area contributed by atoms with Crippen molar-refractivity contribution in [3.8, 4) is 0 Å². The first-order valence-electron chi connectivity index (χ1n) is 5.36. The van der Waals surface area contributed by atoms with Crippen LogP contribution in [0.4, 0.5) is 5.69 Å². The number of nitrogens with zero attached hydrogens (tertiary/aromatic N) is 1. The van der Waals surface area contributed by atoms with Crippen molar-refractivity contribution in [3.05, 3.63) is 39.9 Å². The maximum absolute atomic E-state index is 11.1. The van der Waals surface area contributed by atoms with Gasteiger partial charge in [-0.05, 0) is 25.3 Å². The third-order valence-electron chi connectivity index (χ3n) is 3.04. The Bertz CT molecular complexity index is 427. The second kappa shape index (κ2) is 4.95. The Morgan fingerprint density at radius 2 is 1.94 bits per heavy atom. The van der Waals surface area contributed by atoms with Gasteiger partial charge in [-0.15, -0.1) is 0 Å². The minimum atomic E-state index is -0.849. The molecule has 0 saturated carbocycles. The van der Waals surface area contributed by atoms with Crippen LogP contribution < -0.4 is 0 Å². The summed E-state index contributed by atoms with van der Waals surface area (Å²) in [5, 5.41) is 19.6. The fraction of sp³-hybridized carbons (Fsp3) is 0.417. The van der Waals surface area contributed by atoms with Crippen LogP contribution in [0.2, 0.25) is 0 Å². The summed E-state index contributed by atoms with van der Waals surface area (Å²) in [4.78, 5) is 21.1. The third kappa shape index (κ3) is 3.03. The molecule has 0 saturated heterocycles. The highest BCUT2D eigenvalue weighted by Crippen LogP contribution is 2.27. The number of benzene rings is 1. The monoisotopic (exact) mass is 237 g/mol. The highest BCUT2D eigenvalue weighted by atomic mass is 16.6. The van der Waals surface area contributed by atoms with Gasteiger partial charge < -0.3 is 5.11 Å². The van der Waals surface area contributed by atoms with Gasteiger partial charge in [-0.1, -0.05) is 19.1 Å². The van der Waals surface area contributed by atoms with Crippen LogP contribution >= 0.6 is 0 Å². The molecule has 1 N–H and O–H groups in total. The molecule has 0 aliphatic rings. The van der Waals surface area contributed by atoms with Gasteiger partial charge in [0, 0.05) is 12.1 Å². The van der Waals surface area contributed by atoms with E-state index in [9.17, 15) is 14.9 Å². The van der Waals surface area contributed by atoms with E-state index in [1.54, 1.807) is 19.1 Å². The van der Waals surface area contributed by atoms with E-state index in [-0.39, 0.29) is 5.69 Å². The highest BCUT2D eigenvalue weighted by Gasteiger charge is 2.31. The predicted octanol–water partition coefficient (Wildman–Crippen LogP) is 2.64. The van der Waals surface area contributed by atoms with Crippen LogP contribution in [-0.2, 0) is 11.2 Å². The number of carbonyl (C=O) groups is 1. The van der Waals surface area contributed by atoms with Crippen molar-refractivity contribution < 1.29 is 14.8 Å². The lowest BCUT2D eigenvalue weighted by Gasteiger charge is -2.22. The van der Waals surface area contributed by atoms with Gasteiger partial charge in [0.2, 0.25) is 0 Å². The molecule has 5 nitrogen and oxygen atoms in total. The SMILES string of the molecule is CCC(C)(Cc1ccc([N+](=O)[O-])cc1)C(=O)O. The fourth-order valence-corrected chi connectivity index (χ4v) is 1.54. The topological polar surface area (TPSA) is 80.4 Å². The number of carboxylic acid groups (broad SMARTS) is 1. The lowest BCUT2D eigenvalue weighted by Crippen LogP contribution is -2.29.